The van der Waals surface area contributed by atoms with Crippen LogP contribution in [-0.2, 0) is 6.42 Å². The maximum atomic E-state index is 10.1. The highest BCUT2D eigenvalue weighted by atomic mass is 16.5. The number of hydrogen-bond donors (Lipinski definition) is 1. The van der Waals surface area contributed by atoms with Gasteiger partial charge in [0.05, 0.1) is 5.60 Å². The summed E-state index contributed by atoms with van der Waals surface area (Å²) in [5.41, 5.74) is 1.47. The van der Waals surface area contributed by atoms with E-state index in [-0.39, 0.29) is 6.61 Å². The fraction of sp³-hybridized carbons (Fsp3) is 0.448. The van der Waals surface area contributed by atoms with Crippen LogP contribution in [0.15, 0.2) is 60.7 Å². The lowest BCUT2D eigenvalue weighted by molar-refractivity contribution is 0.0282. The summed E-state index contributed by atoms with van der Waals surface area (Å²) >= 11 is 0. The topological polar surface area (TPSA) is 41.9 Å². The van der Waals surface area contributed by atoms with Gasteiger partial charge in [-0.25, -0.2) is 0 Å². The van der Waals surface area contributed by atoms with Crippen molar-refractivity contribution in [1.29, 1.82) is 0 Å². The zero-order valence-corrected chi connectivity index (χ0v) is 20.1. The Morgan fingerprint density at radius 3 is 2.30 bits per heavy atom. The van der Waals surface area contributed by atoms with Crippen LogP contribution in [0.25, 0.3) is 10.8 Å². The van der Waals surface area contributed by atoms with Crippen molar-refractivity contribution in [1.82, 2.24) is 4.90 Å². The van der Waals surface area contributed by atoms with Crippen LogP contribution in [0.1, 0.15) is 50.7 Å². The third-order valence-electron chi connectivity index (χ3n) is 6.26. The van der Waals surface area contributed by atoms with E-state index in [1.54, 1.807) is 13.8 Å². The summed E-state index contributed by atoms with van der Waals surface area (Å²) < 4.78 is 12.1. The predicted molar refractivity (Wildman–Crippen MR) is 135 cm³/mol. The van der Waals surface area contributed by atoms with Crippen molar-refractivity contribution in [3.8, 4) is 11.5 Å². The molecular formula is C29H37NO3. The van der Waals surface area contributed by atoms with Crippen molar-refractivity contribution in [3.05, 3.63) is 71.8 Å². The average Bonchev–Trinajstić information content (AvgIpc) is 3.08. The van der Waals surface area contributed by atoms with Crippen LogP contribution < -0.4 is 9.47 Å². The second kappa shape index (κ2) is 11.0. The highest BCUT2D eigenvalue weighted by Crippen LogP contribution is 2.31. The molecule has 1 fully saturated rings. The fourth-order valence-electron chi connectivity index (χ4n) is 4.45. The Morgan fingerprint density at radius 1 is 0.848 bits per heavy atom. The summed E-state index contributed by atoms with van der Waals surface area (Å²) in [6, 6.07) is 20.9. The third kappa shape index (κ3) is 6.96. The van der Waals surface area contributed by atoms with Crippen LogP contribution in [0.5, 0.6) is 11.5 Å². The van der Waals surface area contributed by atoms with Crippen LogP contribution in [0.4, 0.5) is 0 Å². The monoisotopic (exact) mass is 447 g/mol. The molecule has 0 bridgehead atoms. The lowest BCUT2D eigenvalue weighted by Crippen LogP contribution is -2.29. The van der Waals surface area contributed by atoms with Gasteiger partial charge in [0, 0.05) is 18.5 Å². The molecule has 0 spiro atoms. The number of benzene rings is 3. The minimum absolute atomic E-state index is 0.252. The molecule has 176 valence electrons. The predicted octanol–water partition coefficient (Wildman–Crippen LogP) is 5.84. The molecule has 0 aromatic heterocycles. The van der Waals surface area contributed by atoms with Crippen molar-refractivity contribution >= 4 is 10.8 Å². The Bertz CT molecular complexity index is 1020. The summed E-state index contributed by atoms with van der Waals surface area (Å²) in [5.74, 6) is 1.75. The molecule has 1 aliphatic heterocycles. The van der Waals surface area contributed by atoms with E-state index < -0.39 is 5.60 Å². The number of hydrogen-bond acceptors (Lipinski definition) is 4. The van der Waals surface area contributed by atoms with Gasteiger partial charge in [0.15, 0.2) is 0 Å². The molecule has 1 saturated heterocycles. The lowest BCUT2D eigenvalue weighted by atomic mass is 9.97. The summed E-state index contributed by atoms with van der Waals surface area (Å²) in [4.78, 5) is 2.52. The minimum Gasteiger partial charge on any atom is -0.492 e. The van der Waals surface area contributed by atoms with Gasteiger partial charge in [0.25, 0.3) is 0 Å². The minimum atomic E-state index is -0.880. The molecule has 33 heavy (non-hydrogen) atoms. The molecule has 0 unspecified atom stereocenters. The SMILES string of the molecule is CC(C)(O)COc1ccc2ccccc2c1Cc1ccc(OCCN2CCCCCC2)cc1. The van der Waals surface area contributed by atoms with Crippen LogP contribution in [-0.4, -0.2) is 48.5 Å². The molecule has 1 heterocycles. The standard InChI is InChI=1S/C29H37NO3/c1-29(2,31)22-33-28-16-13-24-9-5-6-10-26(24)27(28)21-23-11-14-25(15-12-23)32-20-19-30-17-7-3-4-8-18-30/h5-6,9-16,31H,3-4,7-8,17-22H2,1-2H3. The molecule has 0 radical (unpaired) electrons. The van der Waals surface area contributed by atoms with E-state index in [2.05, 4.69) is 59.5 Å². The van der Waals surface area contributed by atoms with Gasteiger partial charge in [0.1, 0.15) is 24.7 Å². The summed E-state index contributed by atoms with van der Waals surface area (Å²) in [6.45, 7) is 7.91. The van der Waals surface area contributed by atoms with Crippen LogP contribution >= 0.6 is 0 Å². The quantitative estimate of drug-likeness (QED) is 0.448. The number of fused-ring (bicyclic) bond motifs is 1. The zero-order chi connectivity index (χ0) is 23.1. The molecule has 3 aromatic carbocycles. The molecule has 4 rings (SSSR count). The fourth-order valence-corrected chi connectivity index (χ4v) is 4.45. The van der Waals surface area contributed by atoms with Gasteiger partial charge < -0.3 is 14.6 Å². The van der Waals surface area contributed by atoms with Gasteiger partial charge in [-0.05, 0) is 74.3 Å². The molecular weight excluding hydrogens is 410 g/mol. The first kappa shape index (κ1) is 23.6. The normalized spacial score (nSPS) is 15.4. The average molecular weight is 448 g/mol. The maximum absolute atomic E-state index is 10.1. The van der Waals surface area contributed by atoms with Crippen molar-refractivity contribution < 1.29 is 14.6 Å². The highest BCUT2D eigenvalue weighted by Gasteiger charge is 2.16. The maximum Gasteiger partial charge on any atom is 0.123 e. The lowest BCUT2D eigenvalue weighted by Gasteiger charge is -2.21. The zero-order valence-electron chi connectivity index (χ0n) is 20.1. The molecule has 1 aliphatic rings. The Hall–Kier alpha value is -2.56. The Morgan fingerprint density at radius 2 is 1.58 bits per heavy atom. The van der Waals surface area contributed by atoms with Gasteiger partial charge in [-0.3, -0.25) is 4.90 Å². The van der Waals surface area contributed by atoms with Crippen LogP contribution in [0.2, 0.25) is 0 Å². The molecule has 1 N–H and O–H groups in total. The van der Waals surface area contributed by atoms with Gasteiger partial charge in [-0.15, -0.1) is 0 Å². The van der Waals surface area contributed by atoms with E-state index >= 15 is 0 Å². The van der Waals surface area contributed by atoms with E-state index in [9.17, 15) is 5.11 Å². The van der Waals surface area contributed by atoms with Gasteiger partial charge in [0.2, 0.25) is 0 Å². The summed E-state index contributed by atoms with van der Waals surface area (Å²) in [7, 11) is 0. The van der Waals surface area contributed by atoms with Gasteiger partial charge in [-0.2, -0.15) is 0 Å². The summed E-state index contributed by atoms with van der Waals surface area (Å²) in [5, 5.41) is 12.5. The molecule has 4 nitrogen and oxygen atoms in total. The van der Waals surface area contributed by atoms with E-state index in [1.807, 2.05) is 6.07 Å². The number of aliphatic hydroxyl groups is 1. The molecule has 4 heteroatoms. The van der Waals surface area contributed by atoms with Crippen molar-refractivity contribution in [2.75, 3.05) is 32.8 Å². The van der Waals surface area contributed by atoms with Crippen molar-refractivity contribution in [3.63, 3.8) is 0 Å². The smallest absolute Gasteiger partial charge is 0.123 e. The molecule has 0 saturated carbocycles. The Labute approximate surface area is 198 Å². The Balaban J connectivity index is 1.43. The molecule has 0 amide bonds. The molecule has 0 aliphatic carbocycles. The van der Waals surface area contributed by atoms with Crippen LogP contribution in [0.3, 0.4) is 0 Å². The molecule has 3 aromatic rings. The van der Waals surface area contributed by atoms with E-state index in [4.69, 9.17) is 9.47 Å². The third-order valence-corrected chi connectivity index (χ3v) is 6.26. The number of nitrogens with zero attached hydrogens (tertiary/aromatic N) is 1. The van der Waals surface area contributed by atoms with Crippen molar-refractivity contribution in [2.45, 2.75) is 51.6 Å². The number of ether oxygens (including phenoxy) is 2. The Kier molecular flexibility index (Phi) is 7.89. The van der Waals surface area contributed by atoms with E-state index in [1.165, 1.54) is 55.1 Å². The second-order valence-electron chi connectivity index (χ2n) is 9.79. The van der Waals surface area contributed by atoms with E-state index in [0.29, 0.717) is 0 Å². The molecule has 0 atom stereocenters. The number of likely N-dealkylation sites (tertiary alicyclic amines) is 1. The van der Waals surface area contributed by atoms with E-state index in [0.717, 1.165) is 36.6 Å². The number of rotatable bonds is 9. The first-order valence-corrected chi connectivity index (χ1v) is 12.3. The first-order valence-electron chi connectivity index (χ1n) is 12.3. The van der Waals surface area contributed by atoms with Crippen molar-refractivity contribution in [2.24, 2.45) is 0 Å². The van der Waals surface area contributed by atoms with Gasteiger partial charge >= 0.3 is 0 Å². The first-order chi connectivity index (χ1) is 16.0. The largest absolute Gasteiger partial charge is 0.492 e. The van der Waals surface area contributed by atoms with Crippen LogP contribution in [0, 0.1) is 0 Å². The van der Waals surface area contributed by atoms with Gasteiger partial charge in [-0.1, -0.05) is 55.3 Å². The summed E-state index contributed by atoms with van der Waals surface area (Å²) in [6.07, 6.45) is 6.10. The second-order valence-corrected chi connectivity index (χ2v) is 9.79. The highest BCUT2D eigenvalue weighted by molar-refractivity contribution is 5.88.